The largest absolute Gasteiger partial charge is 0.438 e. The molecule has 0 fully saturated rings. The highest BCUT2D eigenvalue weighted by Crippen LogP contribution is 2.59. The van der Waals surface area contributed by atoms with E-state index in [1.165, 1.54) is 0 Å². The SMILES string of the molecule is FC(OC(F)C(F)(F)C(F)(C(F)(F)F)C(F)(F)F)C(F)(F)C(F)(C(F)(F)F)C(F)(F)F. The summed E-state index contributed by atoms with van der Waals surface area (Å²) >= 11 is 0. The van der Waals surface area contributed by atoms with Gasteiger partial charge in [-0.2, -0.15) is 70.2 Å². The van der Waals surface area contributed by atoms with Crippen molar-refractivity contribution in [3.8, 4) is 0 Å². The van der Waals surface area contributed by atoms with Gasteiger partial charge in [0.1, 0.15) is 0 Å². The third-order valence-corrected chi connectivity index (χ3v) is 3.29. The standard InChI is InChI=1S/C10H2F20O/c11-1(3(13,14)5(17,7(19,20)21)8(22,23)24)31-2(12)4(15,16)6(18,9(25,26)27)10(28,29)30/h1-2H. The summed E-state index contributed by atoms with van der Waals surface area (Å²) in [6, 6.07) is 0. The van der Waals surface area contributed by atoms with Crippen LogP contribution in [-0.2, 0) is 4.74 Å². The van der Waals surface area contributed by atoms with Gasteiger partial charge in [0, 0.05) is 0 Å². The smallest absolute Gasteiger partial charge is 0.303 e. The van der Waals surface area contributed by atoms with Crippen LogP contribution in [0.25, 0.3) is 0 Å². The van der Waals surface area contributed by atoms with Crippen LogP contribution < -0.4 is 0 Å². The predicted octanol–water partition coefficient (Wildman–Crippen LogP) is 6.53. The summed E-state index contributed by atoms with van der Waals surface area (Å²) in [6.45, 7) is 0. The third kappa shape index (κ3) is 4.29. The quantitative estimate of drug-likeness (QED) is 0.364. The summed E-state index contributed by atoms with van der Waals surface area (Å²) in [4.78, 5) is 0. The van der Waals surface area contributed by atoms with Gasteiger partial charge in [-0.05, 0) is 0 Å². The lowest BCUT2D eigenvalue weighted by Gasteiger charge is -2.39. The van der Waals surface area contributed by atoms with E-state index in [1.807, 2.05) is 0 Å². The van der Waals surface area contributed by atoms with E-state index < -0.39 is 60.6 Å². The molecule has 2 atom stereocenters. The fourth-order valence-corrected chi connectivity index (χ4v) is 1.67. The lowest BCUT2D eigenvalue weighted by Crippen LogP contribution is -2.70. The van der Waals surface area contributed by atoms with E-state index in [-0.39, 0.29) is 0 Å². The molecule has 0 spiro atoms. The first-order chi connectivity index (χ1) is 13.0. The highest BCUT2D eigenvalue weighted by Gasteiger charge is 2.89. The molecular weight excluding hydrogens is 516 g/mol. The van der Waals surface area contributed by atoms with Crippen molar-refractivity contribution in [1.29, 1.82) is 0 Å². The molecule has 31 heavy (non-hydrogen) atoms. The van der Waals surface area contributed by atoms with Crippen molar-refractivity contribution in [3.63, 3.8) is 0 Å². The van der Waals surface area contributed by atoms with Crippen LogP contribution >= 0.6 is 0 Å². The van der Waals surface area contributed by atoms with Gasteiger partial charge in [0.2, 0.25) is 0 Å². The molecule has 0 N–H and O–H groups in total. The zero-order valence-electron chi connectivity index (χ0n) is 13.1. The van der Waals surface area contributed by atoms with Crippen molar-refractivity contribution in [1.82, 2.24) is 0 Å². The second-order valence-corrected chi connectivity index (χ2v) is 5.32. The molecule has 188 valence electrons. The highest BCUT2D eigenvalue weighted by molar-refractivity contribution is 5.09. The summed E-state index contributed by atoms with van der Waals surface area (Å²) in [7, 11) is 0. The summed E-state index contributed by atoms with van der Waals surface area (Å²) in [5.41, 5.74) is -16.2. The van der Waals surface area contributed by atoms with Crippen molar-refractivity contribution in [2.24, 2.45) is 0 Å². The van der Waals surface area contributed by atoms with Gasteiger partial charge in [-0.3, -0.25) is 0 Å². The van der Waals surface area contributed by atoms with E-state index in [4.69, 9.17) is 0 Å². The maximum Gasteiger partial charge on any atom is 0.438 e. The van der Waals surface area contributed by atoms with Crippen LogP contribution in [0.2, 0.25) is 0 Å². The Balaban J connectivity index is 6.37. The van der Waals surface area contributed by atoms with Crippen LogP contribution in [0.3, 0.4) is 0 Å². The lowest BCUT2D eigenvalue weighted by atomic mass is 9.94. The summed E-state index contributed by atoms with van der Waals surface area (Å²) in [5, 5.41) is 0. The molecule has 0 amide bonds. The Labute approximate surface area is 154 Å². The van der Waals surface area contributed by atoms with Gasteiger partial charge in [0.05, 0.1) is 0 Å². The van der Waals surface area contributed by atoms with Crippen LogP contribution in [0.15, 0.2) is 0 Å². The molecule has 0 aliphatic carbocycles. The van der Waals surface area contributed by atoms with Crippen molar-refractivity contribution in [2.45, 2.75) is 60.6 Å². The molecule has 0 aliphatic rings. The zero-order valence-corrected chi connectivity index (χ0v) is 13.1. The van der Waals surface area contributed by atoms with E-state index in [0.717, 1.165) is 0 Å². The minimum absolute atomic E-state index is 1.74. The molecular formula is C10H2F20O. The van der Waals surface area contributed by atoms with E-state index >= 15 is 0 Å². The Hall–Kier alpha value is -1.44. The summed E-state index contributed by atoms with van der Waals surface area (Å²) in [5.74, 6) is -15.7. The van der Waals surface area contributed by atoms with Gasteiger partial charge < -0.3 is 4.74 Å². The first-order valence-corrected chi connectivity index (χ1v) is 6.39. The molecule has 0 saturated heterocycles. The minimum atomic E-state index is -8.08. The van der Waals surface area contributed by atoms with Gasteiger partial charge in [-0.15, -0.1) is 0 Å². The van der Waals surface area contributed by atoms with Crippen LogP contribution in [-0.4, -0.2) is 60.6 Å². The fraction of sp³-hybridized carbons (Fsp3) is 1.00. The monoisotopic (exact) mass is 518 g/mol. The number of alkyl halides is 20. The third-order valence-electron chi connectivity index (χ3n) is 3.29. The average molecular weight is 518 g/mol. The second-order valence-electron chi connectivity index (χ2n) is 5.32. The Bertz CT molecular complexity index is 538. The van der Waals surface area contributed by atoms with E-state index in [0.29, 0.717) is 0 Å². The van der Waals surface area contributed by atoms with Crippen LogP contribution in [0.5, 0.6) is 0 Å². The second kappa shape index (κ2) is 7.56. The number of hydrogen-bond donors (Lipinski definition) is 0. The Morgan fingerprint density at radius 1 is 0.355 bits per heavy atom. The van der Waals surface area contributed by atoms with Gasteiger partial charge in [-0.25, -0.2) is 17.6 Å². The maximum absolute atomic E-state index is 13.1. The van der Waals surface area contributed by atoms with Gasteiger partial charge in [-0.1, -0.05) is 0 Å². The number of ether oxygens (including phenoxy) is 1. The van der Waals surface area contributed by atoms with Gasteiger partial charge >= 0.3 is 47.9 Å². The molecule has 0 aliphatic heterocycles. The molecule has 0 bridgehead atoms. The van der Waals surface area contributed by atoms with Crippen LogP contribution in [0.1, 0.15) is 0 Å². The normalized spacial score (nSPS) is 18.2. The summed E-state index contributed by atoms with van der Waals surface area (Å²) in [6.07, 6.45) is -44.0. The van der Waals surface area contributed by atoms with Crippen molar-refractivity contribution in [2.75, 3.05) is 0 Å². The topological polar surface area (TPSA) is 9.23 Å². The van der Waals surface area contributed by atoms with Crippen LogP contribution in [0, 0.1) is 0 Å². The van der Waals surface area contributed by atoms with Crippen molar-refractivity contribution >= 4 is 0 Å². The van der Waals surface area contributed by atoms with E-state index in [1.54, 1.807) is 4.74 Å². The molecule has 0 heterocycles. The first kappa shape index (κ1) is 29.6. The van der Waals surface area contributed by atoms with Crippen molar-refractivity contribution in [3.05, 3.63) is 0 Å². The highest BCUT2D eigenvalue weighted by atomic mass is 19.4. The minimum Gasteiger partial charge on any atom is -0.303 e. The molecule has 0 rings (SSSR count). The van der Waals surface area contributed by atoms with Crippen LogP contribution in [0.4, 0.5) is 87.8 Å². The fourth-order valence-electron chi connectivity index (χ4n) is 1.67. The maximum atomic E-state index is 13.1. The van der Waals surface area contributed by atoms with Gasteiger partial charge in [0.25, 0.3) is 12.7 Å². The van der Waals surface area contributed by atoms with E-state index in [2.05, 4.69) is 0 Å². The Kier molecular flexibility index (Phi) is 7.21. The average Bonchev–Trinajstić information content (AvgIpc) is 2.48. The van der Waals surface area contributed by atoms with E-state index in [9.17, 15) is 87.8 Å². The molecule has 0 aromatic carbocycles. The van der Waals surface area contributed by atoms with Gasteiger partial charge in [0.15, 0.2) is 0 Å². The molecule has 0 saturated carbocycles. The molecule has 1 nitrogen and oxygen atoms in total. The molecule has 0 aromatic heterocycles. The number of hydrogen-bond acceptors (Lipinski definition) is 1. The number of halogens is 20. The predicted molar refractivity (Wildman–Crippen MR) is 52.7 cm³/mol. The Morgan fingerprint density at radius 2 is 0.516 bits per heavy atom. The number of rotatable bonds is 6. The Morgan fingerprint density at radius 3 is 0.645 bits per heavy atom. The first-order valence-electron chi connectivity index (χ1n) is 6.39. The molecule has 0 radical (unpaired) electrons. The lowest BCUT2D eigenvalue weighted by molar-refractivity contribution is -0.444. The molecule has 21 heteroatoms. The van der Waals surface area contributed by atoms with Crippen molar-refractivity contribution < 1.29 is 92.5 Å². The summed E-state index contributed by atoms with van der Waals surface area (Å²) < 4.78 is 252. The molecule has 0 aromatic rings. The molecule has 2 unspecified atom stereocenters. The zero-order chi connectivity index (χ0) is 25.9.